The van der Waals surface area contributed by atoms with E-state index in [2.05, 4.69) is 25.9 Å². The van der Waals surface area contributed by atoms with Crippen LogP contribution in [0.15, 0.2) is 82.6 Å². The summed E-state index contributed by atoms with van der Waals surface area (Å²) in [5.74, 6) is -0.579. The maximum absolute atomic E-state index is 12.5. The molecule has 32 heavy (non-hydrogen) atoms. The van der Waals surface area contributed by atoms with Gasteiger partial charge in [0.25, 0.3) is 5.91 Å². The van der Waals surface area contributed by atoms with Crippen molar-refractivity contribution in [2.75, 3.05) is 11.9 Å². The van der Waals surface area contributed by atoms with E-state index in [0.29, 0.717) is 22.8 Å². The summed E-state index contributed by atoms with van der Waals surface area (Å²) in [6.07, 6.45) is 0. The number of benzene rings is 3. The molecule has 0 atom stereocenters. The first-order chi connectivity index (χ1) is 15.6. The molecule has 1 aromatic heterocycles. The molecule has 1 amide bonds. The third-order valence-electron chi connectivity index (χ3n) is 4.27. The number of ether oxygens (including phenoxy) is 1. The van der Waals surface area contributed by atoms with Crippen molar-refractivity contribution in [1.82, 2.24) is 20.6 Å². The van der Waals surface area contributed by atoms with Crippen LogP contribution in [0.1, 0.15) is 10.4 Å². The summed E-state index contributed by atoms with van der Waals surface area (Å²) < 4.78 is 5.12. The van der Waals surface area contributed by atoms with E-state index in [-0.39, 0.29) is 5.91 Å². The second-order valence-electron chi connectivity index (χ2n) is 6.52. The van der Waals surface area contributed by atoms with Gasteiger partial charge in [-0.15, -0.1) is 10.2 Å². The highest BCUT2D eigenvalue weighted by Gasteiger charge is 2.11. The number of hydrogen-bond donors (Lipinski definition) is 3. The second kappa shape index (κ2) is 9.75. The number of carbonyl (C=O) groups is 2. The molecular formula is C22H17N5O4S. The van der Waals surface area contributed by atoms with Gasteiger partial charge in [-0.1, -0.05) is 30.0 Å². The Morgan fingerprint density at radius 3 is 2.59 bits per heavy atom. The summed E-state index contributed by atoms with van der Waals surface area (Å²) in [7, 11) is 0. The monoisotopic (exact) mass is 447 g/mol. The fraction of sp³-hybridized carbons (Fsp3) is 0.0455. The van der Waals surface area contributed by atoms with E-state index in [4.69, 9.17) is 9.84 Å². The fourth-order valence-electron chi connectivity index (χ4n) is 2.83. The van der Waals surface area contributed by atoms with Gasteiger partial charge >= 0.3 is 5.97 Å². The minimum atomic E-state index is -1.09. The standard InChI is InChI=1S/C22H17N5O4S/c28-20(29)13-31-16-5-3-4-14(12-16)22(30)23-15-8-10-17(11-9-15)32-19-7-2-1-6-18(19)21-24-26-27-25-21/h1-12H,13H2,(H,23,30)(H,28,29)(H,24,25,26,27). The van der Waals surface area contributed by atoms with Crippen molar-refractivity contribution in [3.05, 3.63) is 78.4 Å². The average Bonchev–Trinajstić information content (AvgIpc) is 3.34. The number of aromatic nitrogens is 4. The molecule has 0 aliphatic rings. The highest BCUT2D eigenvalue weighted by atomic mass is 32.2. The molecule has 1 heterocycles. The average molecular weight is 447 g/mol. The zero-order valence-corrected chi connectivity index (χ0v) is 17.4. The first-order valence-electron chi connectivity index (χ1n) is 9.45. The molecule has 0 aliphatic carbocycles. The van der Waals surface area contributed by atoms with Crippen molar-refractivity contribution in [1.29, 1.82) is 0 Å². The molecule has 0 saturated heterocycles. The number of nitrogens with zero attached hydrogens (tertiary/aromatic N) is 3. The van der Waals surface area contributed by atoms with Crippen LogP contribution >= 0.6 is 11.8 Å². The summed E-state index contributed by atoms with van der Waals surface area (Å²) in [5.41, 5.74) is 1.86. The summed E-state index contributed by atoms with van der Waals surface area (Å²) in [6.45, 7) is -0.472. The Kier molecular flexibility index (Phi) is 6.42. The van der Waals surface area contributed by atoms with Crippen LogP contribution in [0.4, 0.5) is 5.69 Å². The molecule has 160 valence electrons. The molecule has 0 spiro atoms. The molecule has 0 unspecified atom stereocenters. The van der Waals surface area contributed by atoms with E-state index < -0.39 is 12.6 Å². The lowest BCUT2D eigenvalue weighted by Gasteiger charge is -2.09. The van der Waals surface area contributed by atoms with Crippen molar-refractivity contribution < 1.29 is 19.4 Å². The first kappa shape index (κ1) is 21.1. The Morgan fingerprint density at radius 1 is 1.03 bits per heavy atom. The molecule has 9 nitrogen and oxygen atoms in total. The maximum Gasteiger partial charge on any atom is 0.341 e. The molecule has 4 rings (SSSR count). The Morgan fingerprint density at radius 2 is 1.84 bits per heavy atom. The lowest BCUT2D eigenvalue weighted by atomic mass is 10.2. The molecule has 0 bridgehead atoms. The molecule has 10 heteroatoms. The number of aliphatic carboxylic acids is 1. The normalized spacial score (nSPS) is 10.5. The zero-order chi connectivity index (χ0) is 22.3. The molecule has 3 aromatic carbocycles. The van der Waals surface area contributed by atoms with Crippen LogP contribution in [-0.4, -0.2) is 44.2 Å². The van der Waals surface area contributed by atoms with Crippen LogP contribution in [0, 0.1) is 0 Å². The van der Waals surface area contributed by atoms with Crippen LogP contribution in [0.5, 0.6) is 5.75 Å². The predicted molar refractivity (Wildman–Crippen MR) is 118 cm³/mol. The number of carboxylic acids is 1. The van der Waals surface area contributed by atoms with E-state index >= 15 is 0 Å². The minimum absolute atomic E-state index is 0.312. The van der Waals surface area contributed by atoms with Gasteiger partial charge in [0, 0.05) is 26.6 Å². The van der Waals surface area contributed by atoms with Gasteiger partial charge in [0.15, 0.2) is 6.61 Å². The molecule has 0 aliphatic heterocycles. The van der Waals surface area contributed by atoms with Gasteiger partial charge in [-0.05, 0) is 59.8 Å². The maximum atomic E-state index is 12.5. The Labute approximate surface area is 186 Å². The van der Waals surface area contributed by atoms with E-state index in [1.165, 1.54) is 6.07 Å². The summed E-state index contributed by atoms with van der Waals surface area (Å²) in [6, 6.07) is 21.5. The number of anilines is 1. The van der Waals surface area contributed by atoms with Crippen molar-refractivity contribution in [2.45, 2.75) is 9.79 Å². The second-order valence-corrected chi connectivity index (χ2v) is 7.64. The van der Waals surface area contributed by atoms with Crippen LogP contribution in [0.2, 0.25) is 0 Å². The van der Waals surface area contributed by atoms with Crippen LogP contribution in [-0.2, 0) is 4.79 Å². The lowest BCUT2D eigenvalue weighted by Crippen LogP contribution is -2.13. The van der Waals surface area contributed by atoms with Gasteiger partial charge in [-0.3, -0.25) is 4.79 Å². The van der Waals surface area contributed by atoms with Gasteiger partial charge in [0.1, 0.15) is 5.75 Å². The lowest BCUT2D eigenvalue weighted by molar-refractivity contribution is -0.139. The number of hydrogen-bond acceptors (Lipinski definition) is 7. The SMILES string of the molecule is O=C(O)COc1cccc(C(=O)Nc2ccc(Sc3ccccc3-c3nn[nH]n3)cc2)c1. The van der Waals surface area contributed by atoms with E-state index in [1.807, 2.05) is 48.5 Å². The molecule has 4 aromatic rings. The first-order valence-corrected chi connectivity index (χ1v) is 10.3. The van der Waals surface area contributed by atoms with Gasteiger partial charge in [0.2, 0.25) is 5.82 Å². The largest absolute Gasteiger partial charge is 0.482 e. The minimum Gasteiger partial charge on any atom is -0.482 e. The number of rotatable bonds is 8. The predicted octanol–water partition coefficient (Wildman–Crippen LogP) is 3.73. The summed E-state index contributed by atoms with van der Waals surface area (Å²) in [4.78, 5) is 25.1. The summed E-state index contributed by atoms with van der Waals surface area (Å²) in [5, 5.41) is 25.7. The van der Waals surface area contributed by atoms with Gasteiger partial charge in [-0.25, -0.2) is 4.79 Å². The Hall–Kier alpha value is -4.18. The van der Waals surface area contributed by atoms with Crippen LogP contribution < -0.4 is 10.1 Å². The third-order valence-corrected chi connectivity index (χ3v) is 5.36. The molecule has 0 saturated carbocycles. The van der Waals surface area contributed by atoms with Gasteiger partial charge in [-0.2, -0.15) is 5.21 Å². The molecule has 3 N–H and O–H groups in total. The summed E-state index contributed by atoms with van der Waals surface area (Å²) >= 11 is 1.55. The number of carboxylic acid groups (broad SMARTS) is 1. The zero-order valence-electron chi connectivity index (χ0n) is 16.6. The van der Waals surface area contributed by atoms with Crippen LogP contribution in [0.3, 0.4) is 0 Å². The number of carbonyl (C=O) groups excluding carboxylic acids is 1. The number of tetrazole rings is 1. The topological polar surface area (TPSA) is 130 Å². The molecule has 0 radical (unpaired) electrons. The van der Waals surface area contributed by atoms with E-state index in [9.17, 15) is 9.59 Å². The van der Waals surface area contributed by atoms with Crippen LogP contribution in [0.25, 0.3) is 11.4 Å². The van der Waals surface area contributed by atoms with E-state index in [1.54, 1.807) is 30.0 Å². The Balaban J connectivity index is 1.42. The number of aromatic amines is 1. The molecular weight excluding hydrogens is 430 g/mol. The number of amides is 1. The number of H-pyrrole nitrogens is 1. The van der Waals surface area contributed by atoms with E-state index in [0.717, 1.165) is 15.4 Å². The molecule has 0 fully saturated rings. The number of nitrogens with one attached hydrogen (secondary N) is 2. The highest BCUT2D eigenvalue weighted by molar-refractivity contribution is 7.99. The fourth-order valence-corrected chi connectivity index (χ4v) is 3.77. The van der Waals surface area contributed by atoms with Crippen molar-refractivity contribution in [3.63, 3.8) is 0 Å². The van der Waals surface area contributed by atoms with Crippen molar-refractivity contribution >= 4 is 29.3 Å². The quantitative estimate of drug-likeness (QED) is 0.372. The van der Waals surface area contributed by atoms with Crippen molar-refractivity contribution in [2.24, 2.45) is 0 Å². The smallest absolute Gasteiger partial charge is 0.341 e. The van der Waals surface area contributed by atoms with Gasteiger partial charge in [0.05, 0.1) is 0 Å². The third kappa shape index (κ3) is 5.29. The van der Waals surface area contributed by atoms with Gasteiger partial charge < -0.3 is 15.2 Å². The van der Waals surface area contributed by atoms with Crippen molar-refractivity contribution in [3.8, 4) is 17.1 Å². The Bertz CT molecular complexity index is 1230. The highest BCUT2D eigenvalue weighted by Crippen LogP contribution is 2.34.